The standard InChI is InChI=1S/C27H32F6N6O2/c1-4-5-9-36-10-6-13(2)41-24-17-22(38-25(39-23(17)35)40-12-26(30)7-8-26)20(29)21(37-24)15-11-16(34)19(28)14(3)18(15)27(31,32)33/h11,13,36H,4-10,12,34H2,1-3H3,(H2,35,38,39). The van der Waals surface area contributed by atoms with E-state index in [1.165, 1.54) is 0 Å². The van der Waals surface area contributed by atoms with Gasteiger partial charge in [0.05, 0.1) is 17.4 Å². The van der Waals surface area contributed by atoms with Gasteiger partial charge in [-0.25, -0.2) is 18.2 Å². The number of nitrogen functional groups attached to an aromatic ring is 2. The molecule has 0 amide bonds. The molecule has 8 nitrogen and oxygen atoms in total. The number of nitrogens with zero attached hydrogens (tertiary/aromatic N) is 3. The van der Waals surface area contributed by atoms with Gasteiger partial charge < -0.3 is 26.3 Å². The van der Waals surface area contributed by atoms with Crippen molar-refractivity contribution in [3.8, 4) is 23.1 Å². The Kier molecular flexibility index (Phi) is 8.71. The maximum atomic E-state index is 16.1. The van der Waals surface area contributed by atoms with E-state index < -0.39 is 75.8 Å². The molecule has 0 saturated heterocycles. The van der Waals surface area contributed by atoms with Crippen molar-refractivity contribution >= 4 is 22.4 Å². The van der Waals surface area contributed by atoms with Crippen LogP contribution in [0.3, 0.4) is 0 Å². The quantitative estimate of drug-likeness (QED) is 0.137. The van der Waals surface area contributed by atoms with Gasteiger partial charge in [0.25, 0.3) is 0 Å². The molecule has 1 fully saturated rings. The summed E-state index contributed by atoms with van der Waals surface area (Å²) < 4.78 is 98.3. The number of hydrogen-bond donors (Lipinski definition) is 3. The minimum atomic E-state index is -5.09. The molecule has 2 aromatic heterocycles. The molecule has 1 atom stereocenters. The lowest BCUT2D eigenvalue weighted by Crippen LogP contribution is -2.23. The largest absolute Gasteiger partial charge is 0.474 e. The lowest BCUT2D eigenvalue weighted by atomic mass is 9.96. The first-order valence-electron chi connectivity index (χ1n) is 13.3. The van der Waals surface area contributed by atoms with Crippen LogP contribution in [-0.2, 0) is 6.18 Å². The molecular weight excluding hydrogens is 554 g/mol. The van der Waals surface area contributed by atoms with Crippen molar-refractivity contribution in [1.82, 2.24) is 20.3 Å². The van der Waals surface area contributed by atoms with Gasteiger partial charge in [-0.1, -0.05) is 13.3 Å². The van der Waals surface area contributed by atoms with Crippen LogP contribution in [0.1, 0.15) is 57.1 Å². The van der Waals surface area contributed by atoms with Crippen LogP contribution < -0.4 is 26.3 Å². The lowest BCUT2D eigenvalue weighted by Gasteiger charge is -2.21. The molecule has 1 aliphatic carbocycles. The third kappa shape index (κ3) is 6.68. The minimum absolute atomic E-state index is 0.203. The van der Waals surface area contributed by atoms with Crippen molar-refractivity contribution < 1.29 is 35.8 Å². The summed E-state index contributed by atoms with van der Waals surface area (Å²) >= 11 is 0. The molecule has 2 heterocycles. The van der Waals surface area contributed by atoms with E-state index in [2.05, 4.69) is 27.2 Å². The average Bonchev–Trinajstić information content (AvgIpc) is 3.63. The number of ether oxygens (including phenoxy) is 2. The van der Waals surface area contributed by atoms with Crippen molar-refractivity contribution in [1.29, 1.82) is 0 Å². The van der Waals surface area contributed by atoms with Crippen LogP contribution in [0.5, 0.6) is 11.9 Å². The Morgan fingerprint density at radius 1 is 1.10 bits per heavy atom. The summed E-state index contributed by atoms with van der Waals surface area (Å²) in [5.41, 5.74) is 5.05. The Morgan fingerprint density at radius 3 is 2.44 bits per heavy atom. The topological polar surface area (TPSA) is 121 Å². The second kappa shape index (κ2) is 11.7. The van der Waals surface area contributed by atoms with Gasteiger partial charge in [0, 0.05) is 5.56 Å². The highest BCUT2D eigenvalue weighted by molar-refractivity contribution is 5.96. The first-order valence-corrected chi connectivity index (χ1v) is 13.3. The number of pyridine rings is 1. The Hall–Kier alpha value is -3.55. The van der Waals surface area contributed by atoms with E-state index in [9.17, 15) is 22.0 Å². The molecule has 1 saturated carbocycles. The maximum Gasteiger partial charge on any atom is 0.417 e. The molecule has 5 N–H and O–H groups in total. The van der Waals surface area contributed by atoms with E-state index in [4.69, 9.17) is 20.9 Å². The number of nitrogens with two attached hydrogens (primary N) is 2. The summed E-state index contributed by atoms with van der Waals surface area (Å²) in [5.74, 6) is -3.27. The number of benzene rings is 1. The van der Waals surface area contributed by atoms with Crippen LogP contribution in [0.4, 0.5) is 37.8 Å². The highest BCUT2D eigenvalue weighted by Gasteiger charge is 2.44. The zero-order valence-corrected chi connectivity index (χ0v) is 22.9. The molecule has 0 bridgehead atoms. The molecule has 0 spiro atoms. The number of rotatable bonds is 12. The molecule has 224 valence electrons. The third-order valence-corrected chi connectivity index (χ3v) is 6.83. The average molecular weight is 587 g/mol. The molecule has 14 heteroatoms. The van der Waals surface area contributed by atoms with Crippen LogP contribution in [-0.4, -0.2) is 46.4 Å². The Balaban J connectivity index is 1.86. The molecule has 1 unspecified atom stereocenters. The smallest absolute Gasteiger partial charge is 0.417 e. The Bertz CT molecular complexity index is 1430. The van der Waals surface area contributed by atoms with Crippen LogP contribution in [0.25, 0.3) is 22.2 Å². The SMILES string of the molecule is CCCCNCCC(C)Oc1nc(-c2cc(N)c(F)c(C)c2C(F)(F)F)c(F)c2nc(OCC3(F)CC3)nc(N)c12. The molecule has 0 radical (unpaired) electrons. The molecule has 3 aromatic rings. The first kappa shape index (κ1) is 30.4. The predicted molar refractivity (Wildman–Crippen MR) is 142 cm³/mol. The van der Waals surface area contributed by atoms with E-state index in [0.29, 0.717) is 19.0 Å². The van der Waals surface area contributed by atoms with Crippen molar-refractivity contribution in [3.05, 3.63) is 28.8 Å². The second-order valence-electron chi connectivity index (χ2n) is 10.3. The van der Waals surface area contributed by atoms with E-state index in [1.807, 2.05) is 0 Å². The molecule has 1 aliphatic rings. The van der Waals surface area contributed by atoms with Gasteiger partial charge in [-0.3, -0.25) is 0 Å². The number of nitrogens with one attached hydrogen (secondary N) is 1. The highest BCUT2D eigenvalue weighted by Crippen LogP contribution is 2.45. The van der Waals surface area contributed by atoms with Crippen LogP contribution >= 0.6 is 0 Å². The highest BCUT2D eigenvalue weighted by atomic mass is 19.4. The lowest BCUT2D eigenvalue weighted by molar-refractivity contribution is -0.137. The van der Waals surface area contributed by atoms with Crippen LogP contribution in [0.15, 0.2) is 6.07 Å². The summed E-state index contributed by atoms with van der Waals surface area (Å²) in [5, 5.41) is 3.04. The van der Waals surface area contributed by atoms with Crippen molar-refractivity contribution in [2.75, 3.05) is 31.2 Å². The zero-order chi connectivity index (χ0) is 30.1. The van der Waals surface area contributed by atoms with Gasteiger partial charge in [-0.05, 0) is 64.3 Å². The van der Waals surface area contributed by atoms with Crippen molar-refractivity contribution in [2.45, 2.75) is 70.8 Å². The number of anilines is 2. The summed E-state index contributed by atoms with van der Waals surface area (Å²) in [6.07, 6.45) is -2.63. The van der Waals surface area contributed by atoms with E-state index in [0.717, 1.165) is 26.3 Å². The van der Waals surface area contributed by atoms with Gasteiger partial charge in [-0.15, -0.1) is 0 Å². The molecule has 4 rings (SSSR count). The van der Waals surface area contributed by atoms with Gasteiger partial charge >= 0.3 is 12.2 Å². The Morgan fingerprint density at radius 2 is 1.80 bits per heavy atom. The molecule has 1 aromatic carbocycles. The van der Waals surface area contributed by atoms with Gasteiger partial charge in [-0.2, -0.15) is 23.1 Å². The summed E-state index contributed by atoms with van der Waals surface area (Å²) in [7, 11) is 0. The maximum absolute atomic E-state index is 16.1. The summed E-state index contributed by atoms with van der Waals surface area (Å²) in [6.45, 7) is 5.59. The first-order chi connectivity index (χ1) is 19.3. The van der Waals surface area contributed by atoms with E-state index in [-0.39, 0.29) is 29.9 Å². The molecule has 41 heavy (non-hydrogen) atoms. The molecular formula is C27H32F6N6O2. The second-order valence-corrected chi connectivity index (χ2v) is 10.3. The number of alkyl halides is 4. The number of halogens is 6. The fourth-order valence-electron chi connectivity index (χ4n) is 4.30. The monoisotopic (exact) mass is 586 g/mol. The number of fused-ring (bicyclic) bond motifs is 1. The third-order valence-electron chi connectivity index (χ3n) is 6.83. The van der Waals surface area contributed by atoms with Gasteiger partial charge in [0.1, 0.15) is 40.5 Å². The van der Waals surface area contributed by atoms with Crippen molar-refractivity contribution in [2.24, 2.45) is 0 Å². The summed E-state index contributed by atoms with van der Waals surface area (Å²) in [6, 6.07) is 0.190. The van der Waals surface area contributed by atoms with Gasteiger partial charge in [0.2, 0.25) is 5.88 Å². The molecule has 0 aliphatic heterocycles. The van der Waals surface area contributed by atoms with Crippen LogP contribution in [0.2, 0.25) is 0 Å². The van der Waals surface area contributed by atoms with Gasteiger partial charge in [0.15, 0.2) is 5.82 Å². The van der Waals surface area contributed by atoms with Crippen molar-refractivity contribution in [3.63, 3.8) is 0 Å². The normalized spacial score (nSPS) is 15.2. The minimum Gasteiger partial charge on any atom is -0.474 e. The fourth-order valence-corrected chi connectivity index (χ4v) is 4.30. The Labute approximate surface area is 232 Å². The number of unbranched alkanes of at least 4 members (excludes halogenated alkanes) is 1. The predicted octanol–water partition coefficient (Wildman–Crippen LogP) is 5.89. The van der Waals surface area contributed by atoms with Crippen LogP contribution in [0, 0.1) is 18.6 Å². The summed E-state index contributed by atoms with van der Waals surface area (Å²) in [4.78, 5) is 12.0. The van der Waals surface area contributed by atoms with E-state index in [1.54, 1.807) is 6.92 Å². The number of hydrogen-bond acceptors (Lipinski definition) is 8. The zero-order valence-electron chi connectivity index (χ0n) is 22.9. The fraction of sp³-hybridized carbons (Fsp3) is 0.519. The van der Waals surface area contributed by atoms with E-state index >= 15 is 4.39 Å². The number of aromatic nitrogens is 3.